The summed E-state index contributed by atoms with van der Waals surface area (Å²) in [5.74, 6) is -0.210. The van der Waals surface area contributed by atoms with E-state index >= 15 is 0 Å². The molecule has 3 heterocycles. The molecule has 16 heteroatoms. The van der Waals surface area contributed by atoms with Gasteiger partial charge in [0.05, 0.1) is 6.33 Å². The zero-order chi connectivity index (χ0) is 28.0. The van der Waals surface area contributed by atoms with E-state index in [0.717, 1.165) is 12.8 Å². The van der Waals surface area contributed by atoms with Gasteiger partial charge in [-0.25, -0.2) is 13.4 Å². The molecule has 1 saturated heterocycles. The van der Waals surface area contributed by atoms with Crippen molar-refractivity contribution in [3.8, 4) is 0 Å². The second-order valence-corrected chi connectivity index (χ2v) is 11.7. The standard InChI is InChI=1S/C22H36N8O7S/c1-29(2)20(34)17-15(32)16(33)21(37-17)30-12-26-14-18(23)27-22(28-19(14)30)25-10-9-24-13(31)8-6-4-5-7-11-38(3,35)36/h12,15-17,21,32-33H,4-11H2,1-3H3,(H,24,31)(H3,23,25,27,28)/t15-,16+,17-,21+/m0/s1. The molecular weight excluding hydrogens is 520 g/mol. The van der Waals surface area contributed by atoms with Crippen LogP contribution in [0.5, 0.6) is 0 Å². The summed E-state index contributed by atoms with van der Waals surface area (Å²) in [6.07, 6.45) is 0.467. The quantitative estimate of drug-likeness (QED) is 0.181. The third-order valence-electron chi connectivity index (χ3n) is 6.04. The summed E-state index contributed by atoms with van der Waals surface area (Å²) in [6, 6.07) is 0. The molecule has 2 aromatic heterocycles. The van der Waals surface area contributed by atoms with Gasteiger partial charge in [-0.2, -0.15) is 9.97 Å². The second kappa shape index (κ2) is 12.6. The second-order valence-electron chi connectivity index (χ2n) is 9.49. The van der Waals surface area contributed by atoms with E-state index < -0.39 is 40.3 Å². The van der Waals surface area contributed by atoms with Crippen LogP contribution in [-0.2, 0) is 24.2 Å². The molecule has 0 unspecified atom stereocenters. The Hall–Kier alpha value is -3.08. The maximum absolute atomic E-state index is 12.3. The van der Waals surface area contributed by atoms with E-state index in [9.17, 15) is 28.2 Å². The average molecular weight is 557 g/mol. The Morgan fingerprint density at radius 3 is 2.53 bits per heavy atom. The van der Waals surface area contributed by atoms with Gasteiger partial charge in [-0.05, 0) is 12.8 Å². The van der Waals surface area contributed by atoms with Gasteiger partial charge in [-0.15, -0.1) is 0 Å². The van der Waals surface area contributed by atoms with Gasteiger partial charge in [0, 0.05) is 45.6 Å². The van der Waals surface area contributed by atoms with E-state index in [0.29, 0.717) is 32.4 Å². The van der Waals surface area contributed by atoms with Gasteiger partial charge >= 0.3 is 0 Å². The number of carbonyl (C=O) groups is 2. The molecule has 0 aliphatic carbocycles. The van der Waals surface area contributed by atoms with E-state index in [2.05, 4.69) is 25.6 Å². The monoisotopic (exact) mass is 556 g/mol. The van der Waals surface area contributed by atoms with Crippen LogP contribution in [0.1, 0.15) is 38.3 Å². The summed E-state index contributed by atoms with van der Waals surface area (Å²) < 4.78 is 29.3. The molecule has 0 spiro atoms. The topological polar surface area (TPSA) is 215 Å². The number of imidazole rings is 1. The predicted molar refractivity (Wildman–Crippen MR) is 139 cm³/mol. The highest BCUT2D eigenvalue weighted by atomic mass is 32.2. The lowest BCUT2D eigenvalue weighted by molar-refractivity contribution is -0.146. The lowest BCUT2D eigenvalue weighted by atomic mass is 10.1. The van der Waals surface area contributed by atoms with Gasteiger partial charge in [0.2, 0.25) is 11.9 Å². The number of aromatic nitrogens is 4. The summed E-state index contributed by atoms with van der Waals surface area (Å²) in [4.78, 5) is 38.3. The largest absolute Gasteiger partial charge is 0.387 e. The molecule has 4 atom stereocenters. The lowest BCUT2D eigenvalue weighted by Gasteiger charge is -2.18. The number of anilines is 2. The zero-order valence-corrected chi connectivity index (χ0v) is 22.5. The summed E-state index contributed by atoms with van der Waals surface area (Å²) in [7, 11) is 0.0881. The van der Waals surface area contributed by atoms with Gasteiger partial charge in [-0.1, -0.05) is 12.8 Å². The molecule has 0 saturated carbocycles. The van der Waals surface area contributed by atoms with Crippen LogP contribution in [0.2, 0.25) is 0 Å². The molecular formula is C22H36N8O7S. The molecule has 2 aromatic rings. The normalized spacial score (nSPS) is 21.5. The highest BCUT2D eigenvalue weighted by Gasteiger charge is 2.48. The van der Waals surface area contributed by atoms with Crippen LogP contribution in [0.15, 0.2) is 6.33 Å². The maximum Gasteiger partial charge on any atom is 0.254 e. The first kappa shape index (κ1) is 29.5. The molecule has 6 N–H and O–H groups in total. The molecule has 0 aromatic carbocycles. The van der Waals surface area contributed by atoms with Crippen LogP contribution in [0.4, 0.5) is 11.8 Å². The Labute approximate surface area is 220 Å². The van der Waals surface area contributed by atoms with Gasteiger partial charge in [0.15, 0.2) is 23.8 Å². The molecule has 2 amide bonds. The number of hydrogen-bond donors (Lipinski definition) is 5. The number of likely N-dealkylation sites (N-methyl/N-ethyl adjacent to an activating group) is 1. The van der Waals surface area contributed by atoms with Crippen molar-refractivity contribution < 1.29 is 33.0 Å². The minimum Gasteiger partial charge on any atom is -0.387 e. The fourth-order valence-corrected chi connectivity index (χ4v) is 4.75. The SMILES string of the molecule is CN(C)C(=O)[C@H]1O[C@@H](n2cnc3c(N)nc(NCCNC(=O)CCCCCCS(C)(=O)=O)nc32)[C@H](O)[C@@H]1O. The number of aliphatic hydroxyl groups is 2. The highest BCUT2D eigenvalue weighted by Crippen LogP contribution is 2.33. The molecule has 1 fully saturated rings. The molecule has 38 heavy (non-hydrogen) atoms. The van der Waals surface area contributed by atoms with E-state index in [1.54, 1.807) is 0 Å². The number of nitrogens with zero attached hydrogens (tertiary/aromatic N) is 5. The Balaban J connectivity index is 1.52. The van der Waals surface area contributed by atoms with Crippen molar-refractivity contribution in [1.82, 2.24) is 29.7 Å². The van der Waals surface area contributed by atoms with Crippen LogP contribution < -0.4 is 16.4 Å². The van der Waals surface area contributed by atoms with Crippen LogP contribution >= 0.6 is 0 Å². The van der Waals surface area contributed by atoms with Gasteiger partial charge in [0.1, 0.15) is 27.6 Å². The third kappa shape index (κ3) is 7.49. The van der Waals surface area contributed by atoms with E-state index in [1.807, 2.05) is 0 Å². The number of ether oxygens (including phenoxy) is 1. The summed E-state index contributed by atoms with van der Waals surface area (Å²) in [5.41, 5.74) is 6.52. The van der Waals surface area contributed by atoms with E-state index in [-0.39, 0.29) is 34.6 Å². The van der Waals surface area contributed by atoms with Crippen molar-refractivity contribution in [3.05, 3.63) is 6.33 Å². The van der Waals surface area contributed by atoms with Gasteiger partial charge in [-0.3, -0.25) is 14.2 Å². The number of nitrogens with one attached hydrogen (secondary N) is 2. The first-order valence-electron chi connectivity index (χ1n) is 12.3. The molecule has 15 nitrogen and oxygen atoms in total. The number of unbranched alkanes of at least 4 members (excludes halogenated alkanes) is 3. The predicted octanol–water partition coefficient (Wildman–Crippen LogP) is -1.36. The Kier molecular flexibility index (Phi) is 9.81. The third-order valence-corrected chi connectivity index (χ3v) is 7.07. The highest BCUT2D eigenvalue weighted by molar-refractivity contribution is 7.90. The Morgan fingerprint density at radius 1 is 1.13 bits per heavy atom. The summed E-state index contributed by atoms with van der Waals surface area (Å²) in [5, 5.41) is 26.7. The maximum atomic E-state index is 12.3. The first-order valence-corrected chi connectivity index (χ1v) is 14.4. The number of carbonyl (C=O) groups excluding carboxylic acids is 2. The molecule has 3 rings (SSSR count). The minimum atomic E-state index is -2.95. The van der Waals surface area contributed by atoms with Crippen molar-refractivity contribution >= 4 is 44.6 Å². The van der Waals surface area contributed by atoms with Crippen LogP contribution in [-0.4, -0.2) is 112 Å². The number of amides is 2. The summed E-state index contributed by atoms with van der Waals surface area (Å²) >= 11 is 0. The van der Waals surface area contributed by atoms with Gasteiger partial charge in [0.25, 0.3) is 5.91 Å². The molecule has 1 aliphatic heterocycles. The van der Waals surface area contributed by atoms with Crippen LogP contribution in [0.3, 0.4) is 0 Å². The average Bonchev–Trinajstić information content (AvgIpc) is 3.39. The van der Waals surface area contributed by atoms with Crippen LogP contribution in [0.25, 0.3) is 11.2 Å². The number of nitrogens with two attached hydrogens (primary N) is 1. The fraction of sp³-hybridized carbons (Fsp3) is 0.682. The molecule has 1 aliphatic rings. The molecule has 0 radical (unpaired) electrons. The van der Waals surface area contributed by atoms with E-state index in [1.165, 1.54) is 36.1 Å². The smallest absolute Gasteiger partial charge is 0.254 e. The van der Waals surface area contributed by atoms with Crippen molar-refractivity contribution in [3.63, 3.8) is 0 Å². The van der Waals surface area contributed by atoms with Crippen molar-refractivity contribution in [2.45, 2.75) is 56.6 Å². The Morgan fingerprint density at radius 2 is 1.84 bits per heavy atom. The lowest BCUT2D eigenvalue weighted by Crippen LogP contribution is -2.42. The van der Waals surface area contributed by atoms with Crippen molar-refractivity contribution in [2.75, 3.05) is 50.2 Å². The molecule has 212 valence electrons. The minimum absolute atomic E-state index is 0.0742. The number of sulfone groups is 1. The number of hydrogen-bond acceptors (Lipinski definition) is 12. The fourth-order valence-electron chi connectivity index (χ4n) is 4.02. The molecule has 0 bridgehead atoms. The zero-order valence-electron chi connectivity index (χ0n) is 21.7. The number of aliphatic hydroxyl groups excluding tert-OH is 2. The summed E-state index contributed by atoms with van der Waals surface area (Å²) in [6.45, 7) is 0.609. The van der Waals surface area contributed by atoms with Crippen molar-refractivity contribution in [2.24, 2.45) is 0 Å². The number of rotatable bonds is 13. The van der Waals surface area contributed by atoms with E-state index in [4.69, 9.17) is 10.5 Å². The van der Waals surface area contributed by atoms with Crippen LogP contribution in [0, 0.1) is 0 Å². The number of fused-ring (bicyclic) bond motifs is 1. The Bertz CT molecular complexity index is 1240. The first-order chi connectivity index (χ1) is 17.9. The van der Waals surface area contributed by atoms with Gasteiger partial charge < -0.3 is 36.2 Å². The van der Waals surface area contributed by atoms with Crippen molar-refractivity contribution in [1.29, 1.82) is 0 Å². The number of nitrogen functional groups attached to an aromatic ring is 1.